The van der Waals surface area contributed by atoms with Crippen LogP contribution in [0.15, 0.2) is 43.0 Å². The first-order valence-corrected chi connectivity index (χ1v) is 6.26. The van der Waals surface area contributed by atoms with Crippen LogP contribution >= 0.6 is 11.6 Å². The zero-order valence-electron chi connectivity index (χ0n) is 10.4. The maximum atomic E-state index is 9.11. The first kappa shape index (κ1) is 13.3. The number of hydrogen-bond acceptors (Lipinski definition) is 2. The molecule has 1 heterocycles. The van der Waals surface area contributed by atoms with Crippen molar-refractivity contribution in [1.29, 1.82) is 5.26 Å². The normalized spacial score (nSPS) is 10.1. The molecule has 0 aliphatic carbocycles. The summed E-state index contributed by atoms with van der Waals surface area (Å²) in [6, 6.07) is 11.5. The van der Waals surface area contributed by atoms with Crippen LogP contribution in [0.3, 0.4) is 0 Å². The average Bonchev–Trinajstić information content (AvgIpc) is 2.70. The van der Waals surface area contributed by atoms with Crippen LogP contribution in [0.5, 0.6) is 0 Å². The van der Waals surface area contributed by atoms with Gasteiger partial charge in [0.2, 0.25) is 0 Å². The van der Waals surface area contributed by atoms with Crippen molar-refractivity contribution in [3.8, 4) is 6.07 Å². The fraction of sp³-hybridized carbons (Fsp3) is 0.133. The number of rotatable bonds is 4. The van der Waals surface area contributed by atoms with Gasteiger partial charge >= 0.3 is 0 Å². The molecule has 0 amide bonds. The lowest BCUT2D eigenvalue weighted by Gasteiger charge is -2.09. The minimum atomic E-state index is 0.557. The zero-order chi connectivity index (χ0) is 13.8. The van der Waals surface area contributed by atoms with Crippen molar-refractivity contribution in [3.63, 3.8) is 0 Å². The largest absolute Gasteiger partial charge is 0.397 e. The second-order valence-electron chi connectivity index (χ2n) is 4.25. The van der Waals surface area contributed by atoms with Crippen LogP contribution in [0, 0.1) is 11.3 Å². The average molecular weight is 272 g/mol. The van der Waals surface area contributed by atoms with Crippen molar-refractivity contribution in [3.05, 3.63) is 65.0 Å². The highest BCUT2D eigenvalue weighted by Gasteiger charge is 2.12. The molecule has 19 heavy (non-hydrogen) atoms. The van der Waals surface area contributed by atoms with Gasteiger partial charge in [-0.05, 0) is 23.8 Å². The predicted molar refractivity (Wildman–Crippen MR) is 78.0 cm³/mol. The zero-order valence-corrected chi connectivity index (χ0v) is 11.2. The summed E-state index contributed by atoms with van der Waals surface area (Å²) in [5, 5.41) is 9.81. The van der Waals surface area contributed by atoms with Crippen molar-refractivity contribution in [2.45, 2.75) is 13.0 Å². The Morgan fingerprint density at radius 2 is 2.05 bits per heavy atom. The number of nitrogen functional groups attached to an aromatic ring is 1. The van der Waals surface area contributed by atoms with Crippen LogP contribution in [0.25, 0.3) is 0 Å². The lowest BCUT2D eigenvalue weighted by Crippen LogP contribution is -2.06. The molecule has 1 aromatic heterocycles. The van der Waals surface area contributed by atoms with Gasteiger partial charge in [-0.15, -0.1) is 6.58 Å². The fourth-order valence-electron chi connectivity index (χ4n) is 2.03. The first-order valence-electron chi connectivity index (χ1n) is 5.89. The second kappa shape index (κ2) is 5.64. The summed E-state index contributed by atoms with van der Waals surface area (Å²) in [5.74, 6) is 0. The third kappa shape index (κ3) is 2.81. The highest BCUT2D eigenvalue weighted by atomic mass is 35.5. The fourth-order valence-corrected chi connectivity index (χ4v) is 2.16. The molecular formula is C15H14ClN3. The molecule has 0 radical (unpaired) electrons. The number of nitriles is 1. The van der Waals surface area contributed by atoms with Gasteiger partial charge in [0.05, 0.1) is 5.69 Å². The highest BCUT2D eigenvalue weighted by Crippen LogP contribution is 2.22. The number of benzene rings is 1. The number of allylic oxidation sites excluding steroid dienone is 1. The number of nitrogens with zero attached hydrogens (tertiary/aromatic N) is 2. The van der Waals surface area contributed by atoms with Gasteiger partial charge in [-0.25, -0.2) is 0 Å². The maximum absolute atomic E-state index is 9.11. The van der Waals surface area contributed by atoms with Gasteiger partial charge < -0.3 is 10.3 Å². The third-order valence-corrected chi connectivity index (χ3v) is 3.21. The maximum Gasteiger partial charge on any atom is 0.122 e. The molecule has 0 bridgehead atoms. The van der Waals surface area contributed by atoms with E-state index in [4.69, 9.17) is 22.6 Å². The SMILES string of the molecule is C=CCn1c(C#N)cc(N)c1Cc1ccc(Cl)cc1. The van der Waals surface area contributed by atoms with Gasteiger partial charge in [0.15, 0.2) is 0 Å². The van der Waals surface area contributed by atoms with Crippen molar-refractivity contribution >= 4 is 17.3 Å². The number of aromatic nitrogens is 1. The molecule has 0 saturated heterocycles. The molecule has 2 rings (SSSR count). The molecule has 0 fully saturated rings. The van der Waals surface area contributed by atoms with E-state index in [2.05, 4.69) is 12.6 Å². The van der Waals surface area contributed by atoms with Gasteiger partial charge in [0.1, 0.15) is 11.8 Å². The van der Waals surface area contributed by atoms with E-state index in [0.29, 0.717) is 29.4 Å². The number of hydrogen-bond donors (Lipinski definition) is 1. The molecule has 2 N–H and O–H groups in total. The summed E-state index contributed by atoms with van der Waals surface area (Å²) < 4.78 is 1.89. The van der Waals surface area contributed by atoms with Gasteiger partial charge in [-0.2, -0.15) is 5.26 Å². The van der Waals surface area contributed by atoms with Crippen LogP contribution in [0.2, 0.25) is 5.02 Å². The van der Waals surface area contributed by atoms with E-state index in [9.17, 15) is 0 Å². The molecule has 4 heteroatoms. The van der Waals surface area contributed by atoms with E-state index < -0.39 is 0 Å². The summed E-state index contributed by atoms with van der Waals surface area (Å²) in [5.41, 5.74) is 9.21. The molecule has 2 aromatic rings. The summed E-state index contributed by atoms with van der Waals surface area (Å²) in [6.45, 7) is 4.28. The van der Waals surface area contributed by atoms with Crippen molar-refractivity contribution in [2.24, 2.45) is 0 Å². The summed E-state index contributed by atoms with van der Waals surface area (Å²) in [7, 11) is 0. The Morgan fingerprint density at radius 1 is 1.37 bits per heavy atom. The summed E-state index contributed by atoms with van der Waals surface area (Å²) in [4.78, 5) is 0. The van der Waals surface area contributed by atoms with Crippen LogP contribution in [0.4, 0.5) is 5.69 Å². The quantitative estimate of drug-likeness (QED) is 0.867. The van der Waals surface area contributed by atoms with Crippen molar-refractivity contribution < 1.29 is 0 Å². The van der Waals surface area contributed by atoms with Gasteiger partial charge in [0.25, 0.3) is 0 Å². The van der Waals surface area contributed by atoms with E-state index in [1.165, 1.54) is 0 Å². The first-order chi connectivity index (χ1) is 9.15. The van der Waals surface area contributed by atoms with E-state index in [1.54, 1.807) is 12.1 Å². The summed E-state index contributed by atoms with van der Waals surface area (Å²) in [6.07, 6.45) is 2.42. The monoisotopic (exact) mass is 271 g/mol. The standard InChI is InChI=1S/C15H14ClN3/c1-2-7-19-13(10-17)9-14(18)15(19)8-11-3-5-12(16)6-4-11/h2-6,9H,1,7-8,18H2. The lowest BCUT2D eigenvalue weighted by molar-refractivity contribution is 0.768. The minimum absolute atomic E-state index is 0.557. The molecule has 96 valence electrons. The Balaban J connectivity index is 2.39. The van der Waals surface area contributed by atoms with Gasteiger partial charge in [-0.3, -0.25) is 0 Å². The van der Waals surface area contributed by atoms with Gasteiger partial charge in [-0.1, -0.05) is 29.8 Å². The third-order valence-electron chi connectivity index (χ3n) is 2.95. The van der Waals surface area contributed by atoms with E-state index in [0.717, 1.165) is 11.3 Å². The van der Waals surface area contributed by atoms with Crippen LogP contribution < -0.4 is 5.73 Å². The van der Waals surface area contributed by atoms with E-state index in [1.807, 2.05) is 28.8 Å². The lowest BCUT2D eigenvalue weighted by atomic mass is 10.1. The Labute approximate surface area is 117 Å². The second-order valence-corrected chi connectivity index (χ2v) is 4.68. The van der Waals surface area contributed by atoms with Gasteiger partial charge in [0, 0.05) is 23.7 Å². The number of anilines is 1. The van der Waals surface area contributed by atoms with E-state index in [-0.39, 0.29) is 0 Å². The molecule has 0 unspecified atom stereocenters. The smallest absolute Gasteiger partial charge is 0.122 e. The Bertz CT molecular complexity index is 633. The molecule has 0 atom stereocenters. The molecule has 0 aliphatic heterocycles. The van der Waals surface area contributed by atoms with Crippen molar-refractivity contribution in [2.75, 3.05) is 5.73 Å². The van der Waals surface area contributed by atoms with Crippen LogP contribution in [0.1, 0.15) is 17.0 Å². The van der Waals surface area contributed by atoms with E-state index >= 15 is 0 Å². The van der Waals surface area contributed by atoms with Crippen LogP contribution in [-0.4, -0.2) is 4.57 Å². The van der Waals surface area contributed by atoms with Crippen molar-refractivity contribution in [1.82, 2.24) is 4.57 Å². The topological polar surface area (TPSA) is 54.7 Å². The molecule has 1 aromatic carbocycles. The molecule has 3 nitrogen and oxygen atoms in total. The Hall–Kier alpha value is -2.18. The molecule has 0 aliphatic rings. The highest BCUT2D eigenvalue weighted by molar-refractivity contribution is 6.30. The predicted octanol–water partition coefficient (Wildman–Crippen LogP) is 3.37. The van der Waals surface area contributed by atoms with Crippen LogP contribution in [-0.2, 0) is 13.0 Å². The Morgan fingerprint density at radius 3 is 2.63 bits per heavy atom. The number of nitrogens with two attached hydrogens (primary N) is 1. The minimum Gasteiger partial charge on any atom is -0.397 e. The summed E-state index contributed by atoms with van der Waals surface area (Å²) >= 11 is 5.87. The molecular weight excluding hydrogens is 258 g/mol. The molecule has 0 saturated carbocycles. The molecule has 0 spiro atoms. The number of halogens is 1. The Kier molecular flexibility index (Phi) is 3.94.